The fourth-order valence-corrected chi connectivity index (χ4v) is 3.83. The molecule has 3 aromatic rings. The zero-order valence-corrected chi connectivity index (χ0v) is 19.8. The summed E-state index contributed by atoms with van der Waals surface area (Å²) >= 11 is 0. The van der Waals surface area contributed by atoms with Crippen LogP contribution in [0, 0.1) is 13.3 Å². The molecular weight excluding hydrogens is 389 g/mol. The first kappa shape index (κ1) is 24.3. The summed E-state index contributed by atoms with van der Waals surface area (Å²) in [4.78, 5) is 31.1. The molecular formula is C22H27N5NaO2-. The van der Waals surface area contributed by atoms with Crippen molar-refractivity contribution in [3.8, 4) is 11.3 Å². The molecule has 0 unspecified atom stereocenters. The first-order valence-electron chi connectivity index (χ1n) is 9.92. The van der Waals surface area contributed by atoms with Gasteiger partial charge < -0.3 is 22.1 Å². The minimum Gasteiger partial charge on any atom is -0.542 e. The number of imidazole rings is 1. The maximum atomic E-state index is 12.0. The topological polar surface area (TPSA) is 83.4 Å². The van der Waals surface area contributed by atoms with Crippen LogP contribution < -0.4 is 40.0 Å². The molecule has 154 valence electrons. The second-order valence-electron chi connectivity index (χ2n) is 7.31. The zero-order valence-electron chi connectivity index (χ0n) is 17.8. The van der Waals surface area contributed by atoms with Gasteiger partial charge in [-0.1, -0.05) is 25.7 Å². The Bertz CT molecular complexity index is 1000. The third kappa shape index (κ3) is 5.39. The van der Waals surface area contributed by atoms with Crippen LogP contribution in [-0.2, 0) is 4.79 Å². The molecule has 1 saturated carbocycles. The molecule has 0 aromatic carbocycles. The molecule has 30 heavy (non-hydrogen) atoms. The van der Waals surface area contributed by atoms with Crippen LogP contribution in [0.25, 0.3) is 16.9 Å². The number of hydrogen-bond donors (Lipinski definition) is 1. The normalized spacial score (nSPS) is 15.8. The Hall–Kier alpha value is -1.96. The average molecular weight is 416 g/mol. The molecule has 4 heterocycles. The minimum absolute atomic E-state index is 0. The summed E-state index contributed by atoms with van der Waals surface area (Å²) < 4.78 is 1.75. The quantitative estimate of drug-likeness (QED) is 0.495. The van der Waals surface area contributed by atoms with E-state index in [1.54, 1.807) is 29.0 Å². The van der Waals surface area contributed by atoms with Gasteiger partial charge in [0.25, 0.3) is 5.56 Å². The van der Waals surface area contributed by atoms with Crippen molar-refractivity contribution in [1.82, 2.24) is 19.6 Å². The van der Waals surface area contributed by atoms with E-state index in [4.69, 9.17) is 0 Å². The van der Waals surface area contributed by atoms with Crippen LogP contribution >= 0.6 is 0 Å². The Morgan fingerprint density at radius 2 is 1.80 bits per heavy atom. The molecule has 8 heteroatoms. The van der Waals surface area contributed by atoms with E-state index in [1.165, 1.54) is 25.7 Å². The molecule has 0 bridgehead atoms. The van der Waals surface area contributed by atoms with Crippen molar-refractivity contribution in [3.05, 3.63) is 54.4 Å². The second kappa shape index (κ2) is 11.4. The van der Waals surface area contributed by atoms with Crippen molar-refractivity contribution >= 4 is 17.8 Å². The molecule has 0 radical (unpaired) electrons. The van der Waals surface area contributed by atoms with Crippen molar-refractivity contribution in [1.29, 1.82) is 0 Å². The van der Waals surface area contributed by atoms with Gasteiger partial charge in [0.1, 0.15) is 5.82 Å². The van der Waals surface area contributed by atoms with E-state index in [9.17, 15) is 9.59 Å². The molecule has 2 fully saturated rings. The summed E-state index contributed by atoms with van der Waals surface area (Å²) in [6, 6.07) is 7.53. The van der Waals surface area contributed by atoms with Crippen molar-refractivity contribution in [2.75, 3.05) is 18.0 Å². The summed E-state index contributed by atoms with van der Waals surface area (Å²) in [6.07, 6.45) is 12.4. The maximum absolute atomic E-state index is 12.0. The maximum Gasteiger partial charge on any atom is 1.00 e. The molecule has 2 aliphatic rings. The molecule has 0 atom stereocenters. The van der Waals surface area contributed by atoms with Gasteiger partial charge in [-0.2, -0.15) is 0 Å². The number of nitrogens with one attached hydrogen (secondary N) is 1. The second-order valence-corrected chi connectivity index (χ2v) is 7.31. The predicted octanol–water partition coefficient (Wildman–Crippen LogP) is 0.425. The van der Waals surface area contributed by atoms with E-state index >= 15 is 0 Å². The largest absolute Gasteiger partial charge is 1.00 e. The molecule has 1 aliphatic carbocycles. The number of nitrogens with zero attached hydrogens (tertiary/aromatic N) is 4. The number of aromatic amines is 1. The number of hydrogen-bond acceptors (Lipinski definition) is 5. The number of carbonyl (C=O) groups excluding carboxylic acids is 1. The number of aromatic nitrogens is 4. The van der Waals surface area contributed by atoms with Crippen LogP contribution in [0.4, 0.5) is 5.82 Å². The smallest absolute Gasteiger partial charge is 0.542 e. The Morgan fingerprint density at radius 1 is 1.07 bits per heavy atom. The van der Waals surface area contributed by atoms with E-state index in [1.807, 2.05) is 18.4 Å². The fraction of sp³-hybridized carbons (Fsp3) is 0.409. The first-order valence-corrected chi connectivity index (χ1v) is 9.92. The Kier molecular flexibility index (Phi) is 9.27. The zero-order chi connectivity index (χ0) is 19.3. The summed E-state index contributed by atoms with van der Waals surface area (Å²) in [5.74, 6) is 1.23. The fourth-order valence-electron chi connectivity index (χ4n) is 3.83. The van der Waals surface area contributed by atoms with Crippen molar-refractivity contribution < 1.29 is 34.4 Å². The van der Waals surface area contributed by atoms with Crippen LogP contribution in [0.3, 0.4) is 0 Å². The van der Waals surface area contributed by atoms with Crippen LogP contribution in [0.5, 0.6) is 0 Å². The van der Waals surface area contributed by atoms with Crippen LogP contribution in [0.15, 0.2) is 41.5 Å². The molecule has 0 spiro atoms. The molecule has 3 aromatic heterocycles. The standard InChI is InChI=1S/C15H15N5O.C6H9O.CH3.Na/c21-15-11(4-3-7-16-15)12-10-17-13-5-6-14(18-20(12)13)19-8-1-2-9-19;7-5-6-3-1-2-4-6;;/h3-7,10H,1-2,8-9H2,(H,16,21);6H,1-4H2;1H3;/q;2*-1;+1. The van der Waals surface area contributed by atoms with Crippen molar-refractivity contribution in [2.24, 2.45) is 5.92 Å². The van der Waals surface area contributed by atoms with Crippen molar-refractivity contribution in [2.45, 2.75) is 38.5 Å². The van der Waals surface area contributed by atoms with E-state index in [0.29, 0.717) is 17.2 Å². The van der Waals surface area contributed by atoms with Gasteiger partial charge in [-0.05, 0) is 37.1 Å². The van der Waals surface area contributed by atoms with Gasteiger partial charge >= 0.3 is 29.6 Å². The first-order chi connectivity index (χ1) is 13.8. The molecule has 1 N–H and O–H groups in total. The summed E-state index contributed by atoms with van der Waals surface area (Å²) in [5.41, 5.74) is 1.91. The van der Waals surface area contributed by atoms with Gasteiger partial charge in [0.15, 0.2) is 5.65 Å². The predicted molar refractivity (Wildman–Crippen MR) is 115 cm³/mol. The molecule has 0 amide bonds. The molecule has 7 nitrogen and oxygen atoms in total. The number of anilines is 1. The molecule has 1 aliphatic heterocycles. The minimum atomic E-state index is -0.132. The summed E-state index contributed by atoms with van der Waals surface area (Å²) in [6.45, 7) is 2.07. The van der Waals surface area contributed by atoms with Gasteiger partial charge in [-0.3, -0.25) is 11.1 Å². The van der Waals surface area contributed by atoms with Crippen LogP contribution in [-0.4, -0.2) is 39.0 Å². The number of H-pyrrole nitrogens is 1. The monoisotopic (exact) mass is 416 g/mol. The van der Waals surface area contributed by atoms with Crippen LogP contribution in [0.2, 0.25) is 0 Å². The van der Waals surface area contributed by atoms with E-state index in [2.05, 4.69) is 20.0 Å². The third-order valence-electron chi connectivity index (χ3n) is 5.39. The summed E-state index contributed by atoms with van der Waals surface area (Å²) in [5, 5.41) is 4.66. The van der Waals surface area contributed by atoms with Gasteiger partial charge in [-0.15, -0.1) is 11.0 Å². The average Bonchev–Trinajstić information content (AvgIpc) is 3.49. The number of rotatable bonds is 3. The van der Waals surface area contributed by atoms with Crippen molar-refractivity contribution in [3.63, 3.8) is 0 Å². The van der Waals surface area contributed by atoms with Gasteiger partial charge in [0.2, 0.25) is 0 Å². The molecule has 1 saturated heterocycles. The van der Waals surface area contributed by atoms with Crippen LogP contribution in [0.1, 0.15) is 38.5 Å². The van der Waals surface area contributed by atoms with E-state index in [-0.39, 0.29) is 42.5 Å². The Morgan fingerprint density at radius 3 is 2.43 bits per heavy atom. The SMILES string of the molecule is O=[C-]C1CCCC1.O=c1[nH]cccc1-c1cnc2ccc(N3CCCC3)nn12.[CH3-].[Na+]. The number of pyridine rings is 1. The Labute approximate surface area is 199 Å². The third-order valence-corrected chi connectivity index (χ3v) is 5.39. The van der Waals surface area contributed by atoms with Gasteiger partial charge in [0.05, 0.1) is 17.5 Å². The van der Waals surface area contributed by atoms with Gasteiger partial charge in [0, 0.05) is 19.3 Å². The number of fused-ring (bicyclic) bond motifs is 1. The Balaban J connectivity index is 0.000000307. The van der Waals surface area contributed by atoms with E-state index < -0.39 is 0 Å². The molecule has 5 rings (SSSR count). The van der Waals surface area contributed by atoms with Gasteiger partial charge in [-0.25, -0.2) is 9.50 Å². The summed E-state index contributed by atoms with van der Waals surface area (Å²) in [7, 11) is 0. The van der Waals surface area contributed by atoms with E-state index in [0.717, 1.165) is 37.4 Å².